The number of nitrogens with zero attached hydrogens (tertiary/aromatic N) is 4. The first-order valence-electron chi connectivity index (χ1n) is 11.7. The lowest BCUT2D eigenvalue weighted by atomic mass is 10.1. The predicted octanol–water partition coefficient (Wildman–Crippen LogP) is 4.97. The predicted molar refractivity (Wildman–Crippen MR) is 137 cm³/mol. The Labute approximate surface area is 217 Å². The lowest BCUT2D eigenvalue weighted by Gasteiger charge is -2.15. The fraction of sp³-hybridized carbons (Fsp3) is 0.269. The monoisotopic (exact) mass is 519 g/mol. The van der Waals surface area contributed by atoms with E-state index in [0.717, 1.165) is 5.56 Å². The lowest BCUT2D eigenvalue weighted by molar-refractivity contribution is -0.132. The van der Waals surface area contributed by atoms with Crippen molar-refractivity contribution in [3.8, 4) is 28.7 Å². The first-order chi connectivity index (χ1) is 17.9. The van der Waals surface area contributed by atoms with Crippen molar-refractivity contribution in [2.24, 2.45) is 0 Å². The number of thiazole rings is 1. The first-order valence-corrected chi connectivity index (χ1v) is 12.6. The van der Waals surface area contributed by atoms with E-state index in [-0.39, 0.29) is 17.7 Å². The molecule has 0 saturated carbocycles. The fourth-order valence-electron chi connectivity index (χ4n) is 3.73. The second-order valence-electron chi connectivity index (χ2n) is 8.87. The lowest BCUT2D eigenvalue weighted by Crippen LogP contribution is -2.29. The zero-order valence-corrected chi connectivity index (χ0v) is 21.3. The molecule has 0 radical (unpaired) electrons. The summed E-state index contributed by atoms with van der Waals surface area (Å²) in [5.41, 5.74) is 1.07. The van der Waals surface area contributed by atoms with Crippen molar-refractivity contribution >= 4 is 28.3 Å². The largest absolute Gasteiger partial charge is 0.480 e. The van der Waals surface area contributed by atoms with Crippen molar-refractivity contribution in [3.05, 3.63) is 65.5 Å². The van der Waals surface area contributed by atoms with E-state index in [0.29, 0.717) is 52.7 Å². The molecule has 1 atom stereocenters. The Bertz CT molecular complexity index is 1400. The third-order valence-electron chi connectivity index (χ3n) is 5.72. The molecule has 1 N–H and O–H groups in total. The summed E-state index contributed by atoms with van der Waals surface area (Å²) in [6, 6.07) is 12.0. The van der Waals surface area contributed by atoms with Crippen LogP contribution in [0.3, 0.4) is 0 Å². The Morgan fingerprint density at radius 1 is 1.14 bits per heavy atom. The van der Waals surface area contributed by atoms with Gasteiger partial charge in [0.2, 0.25) is 11.8 Å². The van der Waals surface area contributed by atoms with Crippen LogP contribution in [0.25, 0.3) is 11.5 Å². The molecular formula is C26H25N5O5S. The molecule has 10 nitrogen and oxygen atoms in total. The van der Waals surface area contributed by atoms with Gasteiger partial charge >= 0.3 is 0 Å². The molecule has 37 heavy (non-hydrogen) atoms. The molecule has 0 bridgehead atoms. The third kappa shape index (κ3) is 5.61. The average Bonchev–Trinajstić information content (AvgIpc) is 3.64. The highest BCUT2D eigenvalue weighted by atomic mass is 32.1. The van der Waals surface area contributed by atoms with Crippen LogP contribution in [0.2, 0.25) is 0 Å². The van der Waals surface area contributed by atoms with Crippen LogP contribution in [-0.2, 0) is 4.79 Å². The number of carbonyl (C=O) groups excluding carboxylic acids is 2. The number of nitrogens with one attached hydrogen (secondary N) is 1. The van der Waals surface area contributed by atoms with Crippen molar-refractivity contribution in [1.82, 2.24) is 20.1 Å². The molecule has 3 heterocycles. The van der Waals surface area contributed by atoms with Crippen LogP contribution in [0.4, 0.5) is 5.13 Å². The Balaban J connectivity index is 1.38. The molecule has 2 aromatic carbocycles. The number of aromatic nitrogens is 3. The highest BCUT2D eigenvalue weighted by Gasteiger charge is 2.31. The zero-order valence-electron chi connectivity index (χ0n) is 20.5. The van der Waals surface area contributed by atoms with E-state index >= 15 is 0 Å². The van der Waals surface area contributed by atoms with Crippen LogP contribution in [0.1, 0.15) is 42.4 Å². The summed E-state index contributed by atoms with van der Waals surface area (Å²) in [5, 5.41) is 13.2. The van der Waals surface area contributed by atoms with Gasteiger partial charge in [0.15, 0.2) is 11.2 Å². The molecule has 4 aromatic rings. The van der Waals surface area contributed by atoms with Gasteiger partial charge in [0, 0.05) is 54.7 Å². The maximum absolute atomic E-state index is 12.9. The summed E-state index contributed by atoms with van der Waals surface area (Å²) in [4.78, 5) is 31.0. The Morgan fingerprint density at radius 2 is 1.92 bits per heavy atom. The molecule has 0 aliphatic carbocycles. The maximum Gasteiger partial charge on any atom is 0.263 e. The minimum atomic E-state index is -0.612. The quantitative estimate of drug-likeness (QED) is 0.346. The van der Waals surface area contributed by atoms with Gasteiger partial charge in [-0.05, 0) is 36.4 Å². The van der Waals surface area contributed by atoms with E-state index in [1.54, 1.807) is 53.9 Å². The molecule has 1 saturated heterocycles. The molecule has 190 valence electrons. The van der Waals surface area contributed by atoms with E-state index in [1.165, 1.54) is 11.3 Å². The molecule has 1 aliphatic heterocycles. The number of carbonyl (C=O) groups is 2. The van der Waals surface area contributed by atoms with Gasteiger partial charge in [-0.15, -0.1) is 21.5 Å². The smallest absolute Gasteiger partial charge is 0.263 e. The Hall–Kier alpha value is -4.25. The minimum Gasteiger partial charge on any atom is -0.480 e. The van der Waals surface area contributed by atoms with Gasteiger partial charge in [0.05, 0.1) is 0 Å². The number of likely N-dealkylation sites (N-methyl/N-ethyl adjacent to an activating group) is 1. The normalized spacial score (nSPS) is 15.3. The Morgan fingerprint density at radius 3 is 2.57 bits per heavy atom. The second-order valence-corrected chi connectivity index (χ2v) is 9.76. The van der Waals surface area contributed by atoms with E-state index in [1.807, 2.05) is 26.0 Å². The molecule has 0 unspecified atom stereocenters. The van der Waals surface area contributed by atoms with E-state index in [4.69, 9.17) is 13.9 Å². The molecular weight excluding hydrogens is 494 g/mol. The maximum atomic E-state index is 12.9. The van der Waals surface area contributed by atoms with Crippen LogP contribution >= 0.6 is 11.3 Å². The van der Waals surface area contributed by atoms with Crippen molar-refractivity contribution in [1.29, 1.82) is 0 Å². The van der Waals surface area contributed by atoms with Gasteiger partial charge < -0.3 is 18.8 Å². The Kier molecular flexibility index (Phi) is 6.87. The van der Waals surface area contributed by atoms with Gasteiger partial charge in [-0.25, -0.2) is 4.98 Å². The molecule has 0 spiro atoms. The number of benzene rings is 2. The molecule has 2 aromatic heterocycles. The van der Waals surface area contributed by atoms with Crippen LogP contribution in [0, 0.1) is 0 Å². The van der Waals surface area contributed by atoms with Gasteiger partial charge in [0.1, 0.15) is 17.2 Å². The minimum absolute atomic E-state index is 0.0997. The summed E-state index contributed by atoms with van der Waals surface area (Å²) in [6.45, 7) is 4.58. The van der Waals surface area contributed by atoms with Gasteiger partial charge in [-0.2, -0.15) is 0 Å². The highest BCUT2D eigenvalue weighted by molar-refractivity contribution is 7.13. The van der Waals surface area contributed by atoms with Crippen molar-refractivity contribution < 1.29 is 23.5 Å². The third-order valence-corrected chi connectivity index (χ3v) is 6.41. The van der Waals surface area contributed by atoms with Gasteiger partial charge in [-0.3, -0.25) is 14.9 Å². The van der Waals surface area contributed by atoms with Crippen molar-refractivity contribution in [2.75, 3.05) is 18.9 Å². The number of anilines is 1. The summed E-state index contributed by atoms with van der Waals surface area (Å²) >= 11 is 1.31. The van der Waals surface area contributed by atoms with E-state index < -0.39 is 6.10 Å². The fourth-order valence-corrected chi connectivity index (χ4v) is 4.26. The summed E-state index contributed by atoms with van der Waals surface area (Å²) in [6.07, 6.45) is 1.56. The number of ether oxygens (including phenoxy) is 2. The molecule has 1 aliphatic rings. The van der Waals surface area contributed by atoms with E-state index in [9.17, 15) is 9.59 Å². The topological polar surface area (TPSA) is 120 Å². The number of hydrogen-bond donors (Lipinski definition) is 1. The van der Waals surface area contributed by atoms with Crippen LogP contribution in [0.5, 0.6) is 17.2 Å². The summed E-state index contributed by atoms with van der Waals surface area (Å²) in [7, 11) is 1.74. The average molecular weight is 520 g/mol. The number of hydrogen-bond acceptors (Lipinski definition) is 9. The zero-order chi connectivity index (χ0) is 25.9. The molecule has 11 heteroatoms. The van der Waals surface area contributed by atoms with Crippen LogP contribution < -0.4 is 14.8 Å². The molecule has 5 rings (SSSR count). The van der Waals surface area contributed by atoms with Crippen LogP contribution in [-0.4, -0.2) is 51.6 Å². The van der Waals surface area contributed by atoms with Crippen molar-refractivity contribution in [2.45, 2.75) is 32.3 Å². The number of amides is 2. The first kappa shape index (κ1) is 24.4. The number of likely N-dealkylation sites (tertiary alicyclic amines) is 1. The van der Waals surface area contributed by atoms with Crippen LogP contribution in [0.15, 0.2) is 58.5 Å². The number of rotatable bonds is 8. The second kappa shape index (κ2) is 10.4. The SMILES string of the molecule is CC(C)c1nnc(-c2ccc(Oc3cc(O[C@H]4CCN(C)C4=O)cc(C(=O)Nc4nccs4)c3)cc2)o1. The summed E-state index contributed by atoms with van der Waals surface area (Å²) in [5.74, 6) is 1.95. The highest BCUT2D eigenvalue weighted by Crippen LogP contribution is 2.31. The summed E-state index contributed by atoms with van der Waals surface area (Å²) < 4.78 is 17.7. The molecule has 2 amide bonds. The van der Waals surface area contributed by atoms with Gasteiger partial charge in [0.25, 0.3) is 11.8 Å². The molecule has 1 fully saturated rings. The van der Waals surface area contributed by atoms with E-state index in [2.05, 4.69) is 20.5 Å². The van der Waals surface area contributed by atoms with Gasteiger partial charge in [-0.1, -0.05) is 13.8 Å². The standard InChI is InChI=1S/C26H25N5O5S/c1-15(2)23-29-30-24(36-23)16-4-6-18(7-5-16)34-19-12-17(22(32)28-26-27-9-11-37-26)13-20(14-19)35-21-8-10-31(3)25(21)33/h4-7,9,11-15,21H,8,10H2,1-3H3,(H,27,28,32)/t21-/m0/s1. The van der Waals surface area contributed by atoms with Crippen molar-refractivity contribution in [3.63, 3.8) is 0 Å².